The van der Waals surface area contributed by atoms with Crippen molar-refractivity contribution in [3.63, 3.8) is 0 Å². The lowest BCUT2D eigenvalue weighted by Gasteiger charge is -2.35. The lowest BCUT2D eigenvalue weighted by molar-refractivity contribution is -0.117. The second-order valence-electron chi connectivity index (χ2n) is 4.07. The number of hydrogen-bond acceptors (Lipinski definition) is 4. The van der Waals surface area contributed by atoms with Gasteiger partial charge in [0.25, 0.3) is 0 Å². The van der Waals surface area contributed by atoms with Crippen molar-refractivity contribution in [3.05, 3.63) is 19.1 Å². The molecule has 2 rings (SSSR count). The van der Waals surface area contributed by atoms with E-state index in [1.807, 2.05) is 17.0 Å². The molecule has 0 bridgehead atoms. The highest BCUT2D eigenvalue weighted by atomic mass is 16.5. The van der Waals surface area contributed by atoms with Gasteiger partial charge in [-0.3, -0.25) is 4.79 Å². The number of carbonyl (C=O) groups excluding carboxylic acids is 1. The topological polar surface area (TPSA) is 42.0 Å². The molecule has 1 aromatic carbocycles. The second-order valence-corrected chi connectivity index (χ2v) is 4.07. The van der Waals surface area contributed by atoms with Crippen molar-refractivity contribution in [1.29, 1.82) is 0 Å². The van der Waals surface area contributed by atoms with E-state index in [1.54, 1.807) is 26.2 Å². The maximum Gasteiger partial charge on any atom is 0.246 e. The van der Waals surface area contributed by atoms with E-state index in [0.717, 1.165) is 11.4 Å². The molecule has 0 aliphatic carbocycles. The summed E-state index contributed by atoms with van der Waals surface area (Å²) >= 11 is 0. The van der Waals surface area contributed by atoms with Gasteiger partial charge in [0, 0.05) is 25.7 Å². The maximum absolute atomic E-state index is 11.9. The van der Waals surface area contributed by atoms with Crippen LogP contribution < -0.4 is 19.3 Å². The third-order valence-electron chi connectivity index (χ3n) is 3.15. The molecule has 0 spiro atoms. The van der Waals surface area contributed by atoms with Crippen LogP contribution in [-0.2, 0) is 4.79 Å². The van der Waals surface area contributed by atoms with Crippen LogP contribution in [0.15, 0.2) is 12.1 Å². The molecule has 1 aromatic rings. The summed E-state index contributed by atoms with van der Waals surface area (Å²) in [6.07, 6.45) is 0. The highest BCUT2D eigenvalue weighted by molar-refractivity contribution is 6.03. The molecule has 0 atom stereocenters. The SMILES string of the molecule is [CH2]CN1CC(=O)N(C)c2cc(OC)c(OC)cc21. The van der Waals surface area contributed by atoms with E-state index in [2.05, 4.69) is 6.92 Å². The van der Waals surface area contributed by atoms with Crippen LogP contribution in [0.25, 0.3) is 0 Å². The van der Waals surface area contributed by atoms with Gasteiger partial charge in [0.05, 0.1) is 32.1 Å². The average molecular weight is 249 g/mol. The van der Waals surface area contributed by atoms with Crippen LogP contribution in [0.5, 0.6) is 11.5 Å². The number of hydrogen-bond donors (Lipinski definition) is 0. The van der Waals surface area contributed by atoms with Gasteiger partial charge in [-0.05, 0) is 6.92 Å². The Balaban J connectivity index is 2.58. The van der Waals surface area contributed by atoms with Crippen LogP contribution in [0, 0.1) is 6.92 Å². The number of benzene rings is 1. The fourth-order valence-electron chi connectivity index (χ4n) is 2.07. The average Bonchev–Trinajstić information content (AvgIpc) is 2.41. The highest BCUT2D eigenvalue weighted by Crippen LogP contribution is 2.41. The fraction of sp³-hybridized carbons (Fsp3) is 0.385. The summed E-state index contributed by atoms with van der Waals surface area (Å²) in [5.41, 5.74) is 1.75. The van der Waals surface area contributed by atoms with Crippen LogP contribution in [0.2, 0.25) is 0 Å². The second kappa shape index (κ2) is 4.76. The molecule has 0 unspecified atom stereocenters. The molecule has 5 nitrogen and oxygen atoms in total. The van der Waals surface area contributed by atoms with E-state index in [-0.39, 0.29) is 5.91 Å². The summed E-state index contributed by atoms with van der Waals surface area (Å²) in [7, 11) is 4.93. The van der Waals surface area contributed by atoms with Crippen molar-refractivity contribution >= 4 is 17.3 Å². The maximum atomic E-state index is 11.9. The molecule has 18 heavy (non-hydrogen) atoms. The summed E-state index contributed by atoms with van der Waals surface area (Å²) in [6.45, 7) is 4.71. The standard InChI is InChI=1S/C13H17N2O3/c1-5-15-8-13(16)14(2)9-6-11(17-3)12(18-4)7-10(9)15/h6-7H,1,5,8H2,2-4H3. The van der Waals surface area contributed by atoms with Gasteiger partial charge in [-0.1, -0.05) is 0 Å². The lowest BCUT2D eigenvalue weighted by atomic mass is 10.1. The van der Waals surface area contributed by atoms with E-state index in [4.69, 9.17) is 9.47 Å². The Morgan fingerprint density at radius 1 is 1.22 bits per heavy atom. The molecule has 5 heteroatoms. The number of amides is 1. The molecule has 0 fully saturated rings. The molecular weight excluding hydrogens is 232 g/mol. The Morgan fingerprint density at radius 2 is 1.78 bits per heavy atom. The Hall–Kier alpha value is -1.91. The van der Waals surface area contributed by atoms with Crippen LogP contribution >= 0.6 is 0 Å². The summed E-state index contributed by atoms with van der Waals surface area (Å²) in [4.78, 5) is 15.4. The zero-order valence-electron chi connectivity index (χ0n) is 10.9. The number of anilines is 2. The molecule has 0 saturated heterocycles. The Bertz CT molecular complexity index is 474. The largest absolute Gasteiger partial charge is 0.493 e. The summed E-state index contributed by atoms with van der Waals surface area (Å²) in [5, 5.41) is 0. The Kier molecular flexibility index (Phi) is 3.32. The van der Waals surface area contributed by atoms with Crippen LogP contribution in [0.4, 0.5) is 11.4 Å². The predicted octanol–water partition coefficient (Wildman–Crippen LogP) is 1.32. The molecular formula is C13H17N2O3. The number of methoxy groups -OCH3 is 2. The normalized spacial score (nSPS) is 14.6. The summed E-state index contributed by atoms with van der Waals surface area (Å²) < 4.78 is 10.5. The fourth-order valence-corrected chi connectivity index (χ4v) is 2.07. The quantitative estimate of drug-likeness (QED) is 0.810. The molecule has 1 amide bonds. The molecule has 1 radical (unpaired) electrons. The Labute approximate surface area is 107 Å². The van der Waals surface area contributed by atoms with Gasteiger partial charge >= 0.3 is 0 Å². The number of carbonyl (C=O) groups is 1. The number of fused-ring (bicyclic) bond motifs is 1. The first-order valence-corrected chi connectivity index (χ1v) is 5.69. The van der Waals surface area contributed by atoms with Gasteiger partial charge < -0.3 is 19.3 Å². The van der Waals surface area contributed by atoms with Gasteiger partial charge in [0.2, 0.25) is 5.91 Å². The zero-order valence-corrected chi connectivity index (χ0v) is 10.9. The minimum Gasteiger partial charge on any atom is -0.493 e. The number of likely N-dealkylation sites (N-methyl/N-ethyl adjacent to an activating group) is 1. The third kappa shape index (κ3) is 1.85. The smallest absolute Gasteiger partial charge is 0.246 e. The summed E-state index contributed by atoms with van der Waals surface area (Å²) in [5.74, 6) is 1.30. The van der Waals surface area contributed by atoms with Crippen LogP contribution in [-0.4, -0.2) is 40.3 Å². The molecule has 0 saturated carbocycles. The van der Waals surface area contributed by atoms with Crippen LogP contribution in [0.1, 0.15) is 0 Å². The van der Waals surface area contributed by atoms with Crippen molar-refractivity contribution in [2.75, 3.05) is 44.2 Å². The third-order valence-corrected chi connectivity index (χ3v) is 3.15. The van der Waals surface area contributed by atoms with E-state index in [0.29, 0.717) is 24.6 Å². The first kappa shape index (κ1) is 12.5. The van der Waals surface area contributed by atoms with Crippen molar-refractivity contribution in [1.82, 2.24) is 0 Å². The van der Waals surface area contributed by atoms with E-state index >= 15 is 0 Å². The summed E-state index contributed by atoms with van der Waals surface area (Å²) in [6, 6.07) is 3.69. The number of ether oxygens (including phenoxy) is 2. The molecule has 0 N–H and O–H groups in total. The first-order chi connectivity index (χ1) is 8.62. The zero-order chi connectivity index (χ0) is 13.3. The monoisotopic (exact) mass is 249 g/mol. The molecule has 97 valence electrons. The first-order valence-electron chi connectivity index (χ1n) is 5.69. The minimum atomic E-state index is 0.0402. The Morgan fingerprint density at radius 3 is 2.28 bits per heavy atom. The van der Waals surface area contributed by atoms with E-state index < -0.39 is 0 Å². The van der Waals surface area contributed by atoms with Gasteiger partial charge in [-0.25, -0.2) is 0 Å². The molecule has 1 aliphatic heterocycles. The van der Waals surface area contributed by atoms with Gasteiger partial charge in [-0.2, -0.15) is 0 Å². The van der Waals surface area contributed by atoms with Gasteiger partial charge in [-0.15, -0.1) is 0 Å². The van der Waals surface area contributed by atoms with E-state index in [1.165, 1.54) is 0 Å². The minimum absolute atomic E-state index is 0.0402. The van der Waals surface area contributed by atoms with E-state index in [9.17, 15) is 4.79 Å². The van der Waals surface area contributed by atoms with Gasteiger partial charge in [0.15, 0.2) is 11.5 Å². The lowest BCUT2D eigenvalue weighted by Crippen LogP contribution is -2.43. The van der Waals surface area contributed by atoms with Gasteiger partial charge in [0.1, 0.15) is 0 Å². The molecule has 0 aromatic heterocycles. The van der Waals surface area contributed by atoms with Crippen molar-refractivity contribution < 1.29 is 14.3 Å². The van der Waals surface area contributed by atoms with Crippen molar-refractivity contribution in [2.45, 2.75) is 0 Å². The molecule has 1 heterocycles. The number of nitrogens with zero attached hydrogens (tertiary/aromatic N) is 2. The number of rotatable bonds is 3. The highest BCUT2D eigenvalue weighted by Gasteiger charge is 2.27. The molecule has 1 aliphatic rings. The predicted molar refractivity (Wildman–Crippen MR) is 70.5 cm³/mol. The van der Waals surface area contributed by atoms with Crippen molar-refractivity contribution in [2.24, 2.45) is 0 Å². The van der Waals surface area contributed by atoms with Crippen molar-refractivity contribution in [3.8, 4) is 11.5 Å². The van der Waals surface area contributed by atoms with Crippen LogP contribution in [0.3, 0.4) is 0 Å².